The minimum atomic E-state index is -0.858. The normalized spacial score (nSPS) is 14.1. The highest BCUT2D eigenvalue weighted by Crippen LogP contribution is 2.38. The van der Waals surface area contributed by atoms with Crippen LogP contribution in [0.25, 0.3) is 0 Å². The second-order valence-electron chi connectivity index (χ2n) is 13.5. The van der Waals surface area contributed by atoms with Crippen LogP contribution in [0.4, 0.5) is 4.39 Å². The zero-order chi connectivity index (χ0) is 40.5. The first-order valence-electron chi connectivity index (χ1n) is 18.8. The van der Waals surface area contributed by atoms with Crippen LogP contribution in [-0.4, -0.2) is 90.0 Å². The van der Waals surface area contributed by atoms with Crippen molar-refractivity contribution in [2.75, 3.05) is 39.8 Å². The lowest BCUT2D eigenvalue weighted by atomic mass is 9.94. The Bertz CT molecular complexity index is 1830. The minimum absolute atomic E-state index is 0.0192. The molecule has 13 heteroatoms. The molecule has 5 rings (SSSR count). The molecule has 0 spiro atoms. The van der Waals surface area contributed by atoms with Gasteiger partial charge in [0.2, 0.25) is 0 Å². The van der Waals surface area contributed by atoms with Crippen molar-refractivity contribution < 1.29 is 38.4 Å². The van der Waals surface area contributed by atoms with Gasteiger partial charge in [0.1, 0.15) is 35.3 Å². The topological polar surface area (TPSA) is 109 Å². The molecular weight excluding hydrogens is 775 g/mol. The number of nitrogens with zero attached hydrogens (tertiary/aromatic N) is 2. The minimum Gasteiger partial charge on any atom is -0.497 e. The maximum atomic E-state index is 13.3. The zero-order valence-electron chi connectivity index (χ0n) is 32.4. The van der Waals surface area contributed by atoms with Gasteiger partial charge in [-0.1, -0.05) is 85.6 Å². The summed E-state index contributed by atoms with van der Waals surface area (Å²) in [4.78, 5) is 30.0. The van der Waals surface area contributed by atoms with Gasteiger partial charge in [-0.15, -0.1) is 0 Å². The summed E-state index contributed by atoms with van der Waals surface area (Å²) in [6.45, 7) is 7.63. The summed E-state index contributed by atoms with van der Waals surface area (Å²) in [5, 5.41) is 18.4. The van der Waals surface area contributed by atoms with Crippen LogP contribution in [0.1, 0.15) is 52.9 Å². The van der Waals surface area contributed by atoms with E-state index in [1.165, 1.54) is 37.1 Å². The standard InChI is InChI=1S/C24H31NO4S.C19H21ClFNO3S/c1-18(16-25(17-24(26)27)19-8-4-3-5-9-19)29-22-10-6-7-11-23(22)30-21-14-12-20(28-2)13-15-21;1-3-22(12-19(23)24)11-13(2)25-17-6-4-5-7-18(17)26-14-8-9-16(21)15(20)10-14/h6-7,10-15,18-19H,3-5,8-9,16-17H2,1-2H3,(H,26,27);4-10,13H,3,11-12H2,1-2H3,(H,23,24). The number of likely N-dealkylation sites (N-methyl/N-ethyl adjacent to an activating group) is 1. The molecule has 1 fully saturated rings. The van der Waals surface area contributed by atoms with Gasteiger partial charge in [-0.05, 0) is 100.0 Å². The molecule has 0 heterocycles. The summed E-state index contributed by atoms with van der Waals surface area (Å²) in [5.74, 6) is 0.263. The first-order valence-corrected chi connectivity index (χ1v) is 20.8. The molecule has 9 nitrogen and oxygen atoms in total. The maximum Gasteiger partial charge on any atom is 0.317 e. The number of carboxylic acids is 2. The Morgan fingerprint density at radius 3 is 1.86 bits per heavy atom. The lowest BCUT2D eigenvalue weighted by molar-refractivity contribution is -0.140. The SMILES string of the molecule is CCN(CC(=O)O)CC(C)Oc1ccccc1Sc1ccc(F)c(Cl)c1.COc1ccc(Sc2ccccc2OC(C)CN(CC(=O)O)C2CCCCC2)cc1. The number of methoxy groups -OCH3 is 1. The van der Waals surface area contributed by atoms with Crippen molar-refractivity contribution in [3.63, 3.8) is 0 Å². The van der Waals surface area contributed by atoms with E-state index in [-0.39, 0.29) is 30.3 Å². The largest absolute Gasteiger partial charge is 0.497 e. The van der Waals surface area contributed by atoms with Crippen LogP contribution in [-0.2, 0) is 9.59 Å². The van der Waals surface area contributed by atoms with Gasteiger partial charge in [-0.2, -0.15) is 0 Å². The lowest BCUT2D eigenvalue weighted by Gasteiger charge is -2.35. The Morgan fingerprint density at radius 1 is 0.786 bits per heavy atom. The summed E-state index contributed by atoms with van der Waals surface area (Å²) >= 11 is 8.92. The molecule has 1 aliphatic carbocycles. The molecule has 2 N–H and O–H groups in total. The number of ether oxygens (including phenoxy) is 3. The van der Waals surface area contributed by atoms with E-state index >= 15 is 0 Å². The third kappa shape index (κ3) is 15.2. The van der Waals surface area contributed by atoms with Crippen LogP contribution < -0.4 is 14.2 Å². The molecule has 56 heavy (non-hydrogen) atoms. The van der Waals surface area contributed by atoms with Gasteiger partial charge in [-0.25, -0.2) is 4.39 Å². The number of aliphatic carboxylic acids is 2. The van der Waals surface area contributed by atoms with Crippen molar-refractivity contribution in [1.82, 2.24) is 9.80 Å². The van der Waals surface area contributed by atoms with Crippen LogP contribution in [0, 0.1) is 5.82 Å². The number of carbonyl (C=O) groups is 2. The van der Waals surface area contributed by atoms with Crippen LogP contribution in [0.3, 0.4) is 0 Å². The van der Waals surface area contributed by atoms with Gasteiger partial charge >= 0.3 is 11.9 Å². The van der Waals surface area contributed by atoms with Crippen LogP contribution >= 0.6 is 35.1 Å². The third-order valence-corrected chi connectivity index (χ3v) is 11.4. The van der Waals surface area contributed by atoms with Crippen LogP contribution in [0.5, 0.6) is 17.2 Å². The zero-order valence-corrected chi connectivity index (χ0v) is 34.8. The molecule has 0 aliphatic heterocycles. The van der Waals surface area contributed by atoms with Gasteiger partial charge in [0.05, 0.1) is 35.0 Å². The van der Waals surface area contributed by atoms with Crippen LogP contribution in [0.2, 0.25) is 5.02 Å². The summed E-state index contributed by atoms with van der Waals surface area (Å²) in [6, 6.07) is 28.4. The summed E-state index contributed by atoms with van der Waals surface area (Å²) in [7, 11) is 1.66. The van der Waals surface area contributed by atoms with Gasteiger partial charge < -0.3 is 24.4 Å². The molecule has 4 aromatic carbocycles. The Kier molecular flexibility index (Phi) is 18.7. The van der Waals surface area contributed by atoms with Crippen molar-refractivity contribution in [1.29, 1.82) is 0 Å². The highest BCUT2D eigenvalue weighted by atomic mass is 35.5. The summed E-state index contributed by atoms with van der Waals surface area (Å²) in [5.41, 5.74) is 0. The molecule has 0 amide bonds. The number of hydrogen-bond donors (Lipinski definition) is 2. The number of hydrogen-bond acceptors (Lipinski definition) is 9. The van der Waals surface area contributed by atoms with Gasteiger partial charge in [0.15, 0.2) is 0 Å². The monoisotopic (exact) mass is 826 g/mol. The van der Waals surface area contributed by atoms with E-state index < -0.39 is 17.8 Å². The number of carboxylic acid groups (broad SMARTS) is 2. The van der Waals surface area contributed by atoms with Gasteiger partial charge in [0.25, 0.3) is 0 Å². The fraction of sp³-hybridized carbons (Fsp3) is 0.395. The predicted octanol–water partition coefficient (Wildman–Crippen LogP) is 10.1. The molecule has 0 bridgehead atoms. The molecule has 1 aliphatic rings. The van der Waals surface area contributed by atoms with E-state index in [0.717, 1.165) is 43.9 Å². The van der Waals surface area contributed by atoms with Gasteiger partial charge in [-0.3, -0.25) is 19.4 Å². The highest BCUT2D eigenvalue weighted by molar-refractivity contribution is 7.99. The summed E-state index contributed by atoms with van der Waals surface area (Å²) < 4.78 is 30.9. The fourth-order valence-corrected chi connectivity index (χ4v) is 8.43. The third-order valence-electron chi connectivity index (χ3n) is 9.00. The van der Waals surface area contributed by atoms with Crippen molar-refractivity contribution >= 4 is 47.1 Å². The first kappa shape index (κ1) is 44.8. The smallest absolute Gasteiger partial charge is 0.317 e. The van der Waals surface area contributed by atoms with Gasteiger partial charge in [0, 0.05) is 28.9 Å². The van der Waals surface area contributed by atoms with E-state index in [1.54, 1.807) is 31.0 Å². The number of para-hydroxylation sites is 2. The van der Waals surface area contributed by atoms with Crippen LogP contribution in [0.15, 0.2) is 111 Å². The average molecular weight is 827 g/mol. The van der Waals surface area contributed by atoms with E-state index in [9.17, 15) is 19.1 Å². The summed E-state index contributed by atoms with van der Waals surface area (Å²) in [6.07, 6.45) is 5.46. The molecule has 302 valence electrons. The molecule has 2 unspecified atom stereocenters. The van der Waals surface area contributed by atoms with E-state index in [4.69, 9.17) is 30.9 Å². The van der Waals surface area contributed by atoms with E-state index in [2.05, 4.69) is 4.90 Å². The number of benzene rings is 4. The highest BCUT2D eigenvalue weighted by Gasteiger charge is 2.25. The average Bonchev–Trinajstić information content (AvgIpc) is 3.18. The molecular formula is C43H52ClFN2O7S2. The number of rotatable bonds is 19. The lowest BCUT2D eigenvalue weighted by Crippen LogP contribution is -2.45. The quantitative estimate of drug-likeness (QED) is 0.0943. The fourth-order valence-electron chi connectivity index (χ4n) is 6.36. The maximum absolute atomic E-state index is 13.3. The predicted molar refractivity (Wildman–Crippen MR) is 222 cm³/mol. The molecule has 0 radical (unpaired) electrons. The second kappa shape index (κ2) is 23.3. The van der Waals surface area contributed by atoms with Crippen molar-refractivity contribution in [2.45, 2.75) is 90.7 Å². The number of halogens is 2. The first-order chi connectivity index (χ1) is 26.9. The molecule has 4 aromatic rings. The van der Waals surface area contributed by atoms with E-state index in [1.807, 2.05) is 98.5 Å². The second-order valence-corrected chi connectivity index (χ2v) is 16.2. The Balaban J connectivity index is 0.000000251. The van der Waals surface area contributed by atoms with Crippen molar-refractivity contribution in [2.24, 2.45) is 0 Å². The molecule has 0 saturated heterocycles. The molecule has 2 atom stereocenters. The Morgan fingerprint density at radius 2 is 1.32 bits per heavy atom. The van der Waals surface area contributed by atoms with Crippen molar-refractivity contribution in [3.8, 4) is 17.2 Å². The molecule has 0 aromatic heterocycles. The Hall–Kier alpha value is -3.94. The van der Waals surface area contributed by atoms with E-state index in [0.29, 0.717) is 31.4 Å². The van der Waals surface area contributed by atoms with Crippen molar-refractivity contribution in [3.05, 3.63) is 102 Å². The molecule has 1 saturated carbocycles. The Labute approximate surface area is 343 Å².